The van der Waals surface area contributed by atoms with Gasteiger partial charge < -0.3 is 15.1 Å². The zero-order chi connectivity index (χ0) is 23.7. The number of oxazole rings is 1. The lowest BCUT2D eigenvalue weighted by Crippen LogP contribution is -2.11. The van der Waals surface area contributed by atoms with Gasteiger partial charge in [0, 0.05) is 24.5 Å². The second kappa shape index (κ2) is 12.0. The quantitative estimate of drug-likeness (QED) is 0.230. The summed E-state index contributed by atoms with van der Waals surface area (Å²) in [5, 5.41) is 12.7. The van der Waals surface area contributed by atoms with Crippen molar-refractivity contribution in [1.29, 1.82) is 0 Å². The highest BCUT2D eigenvalue weighted by molar-refractivity contribution is 8.00. The van der Waals surface area contributed by atoms with Gasteiger partial charge >= 0.3 is 0 Å². The van der Waals surface area contributed by atoms with E-state index in [1.807, 2.05) is 0 Å². The number of unbranched alkanes of at least 4 members (excludes halogenated alkanes) is 3. The number of carbonyl (C=O) groups excluding carboxylic acids is 2. The average Bonchev–Trinajstić information content (AvgIpc) is 3.50. The van der Waals surface area contributed by atoms with Crippen molar-refractivity contribution < 1.29 is 14.0 Å². The molecule has 0 radical (unpaired) electrons. The molecular formula is C22H30N6O3S2. The maximum atomic E-state index is 12.2. The first-order chi connectivity index (χ1) is 15.8. The first-order valence-electron chi connectivity index (χ1n) is 10.9. The van der Waals surface area contributed by atoms with Gasteiger partial charge in [-0.15, -0.1) is 11.8 Å². The first-order valence-corrected chi connectivity index (χ1v) is 12.7. The summed E-state index contributed by atoms with van der Waals surface area (Å²) in [6.45, 7) is 6.27. The Morgan fingerprint density at radius 1 is 1.03 bits per heavy atom. The standard InChI is InChI=1S/C22H30N6O3S2/c1-22(2,3)16-12-23-19(31-16)14-32-20-13-24-21(33-20)28-18(30)9-7-5-4-6-8-17(29)27-15-10-25-26-11-15/h10-13H,4-9,14H2,1-3H3,(H,25,26)(H,27,29)(H,24,28,30). The number of thiazole rings is 1. The van der Waals surface area contributed by atoms with Crippen LogP contribution in [0.25, 0.3) is 0 Å². The highest BCUT2D eigenvalue weighted by atomic mass is 32.2. The van der Waals surface area contributed by atoms with Crippen LogP contribution < -0.4 is 10.6 Å². The van der Waals surface area contributed by atoms with Gasteiger partial charge in [-0.2, -0.15) is 5.10 Å². The summed E-state index contributed by atoms with van der Waals surface area (Å²) in [6, 6.07) is 0. The van der Waals surface area contributed by atoms with Crippen LogP contribution in [-0.4, -0.2) is 32.0 Å². The zero-order valence-corrected chi connectivity index (χ0v) is 20.8. The number of aromatic amines is 1. The summed E-state index contributed by atoms with van der Waals surface area (Å²) < 4.78 is 6.80. The first kappa shape index (κ1) is 25.0. The van der Waals surface area contributed by atoms with E-state index in [2.05, 4.69) is 51.6 Å². The van der Waals surface area contributed by atoms with E-state index in [4.69, 9.17) is 4.42 Å². The lowest BCUT2D eigenvalue weighted by atomic mass is 9.94. The van der Waals surface area contributed by atoms with Crippen molar-refractivity contribution in [2.75, 3.05) is 10.6 Å². The predicted molar refractivity (Wildman–Crippen MR) is 130 cm³/mol. The number of carbonyl (C=O) groups is 2. The third-order valence-electron chi connectivity index (χ3n) is 4.70. The van der Waals surface area contributed by atoms with Crippen LogP contribution in [0, 0.1) is 0 Å². The van der Waals surface area contributed by atoms with Crippen LogP contribution in [-0.2, 0) is 20.8 Å². The molecule has 3 heterocycles. The molecule has 3 aromatic heterocycles. The van der Waals surface area contributed by atoms with Gasteiger partial charge in [-0.25, -0.2) is 9.97 Å². The summed E-state index contributed by atoms with van der Waals surface area (Å²) in [7, 11) is 0. The van der Waals surface area contributed by atoms with Gasteiger partial charge in [-0.3, -0.25) is 14.7 Å². The molecule has 0 atom stereocenters. The van der Waals surface area contributed by atoms with Crippen molar-refractivity contribution in [3.05, 3.63) is 36.4 Å². The van der Waals surface area contributed by atoms with E-state index in [0.29, 0.717) is 35.3 Å². The number of hydrogen-bond acceptors (Lipinski definition) is 8. The predicted octanol–water partition coefficient (Wildman–Crippen LogP) is 5.36. The molecule has 2 amide bonds. The van der Waals surface area contributed by atoms with Crippen LogP contribution in [0.2, 0.25) is 0 Å². The maximum absolute atomic E-state index is 12.2. The minimum Gasteiger partial charge on any atom is -0.444 e. The van der Waals surface area contributed by atoms with E-state index in [1.165, 1.54) is 11.3 Å². The molecule has 9 nitrogen and oxygen atoms in total. The molecule has 0 aromatic carbocycles. The largest absolute Gasteiger partial charge is 0.444 e. The van der Waals surface area contributed by atoms with Crippen molar-refractivity contribution in [2.45, 2.75) is 74.7 Å². The number of amides is 2. The molecule has 0 spiro atoms. The van der Waals surface area contributed by atoms with Crippen molar-refractivity contribution in [3.63, 3.8) is 0 Å². The minimum atomic E-state index is -0.0623. The summed E-state index contributed by atoms with van der Waals surface area (Å²) in [6.07, 6.45) is 11.0. The second-order valence-electron chi connectivity index (χ2n) is 8.64. The fourth-order valence-electron chi connectivity index (χ4n) is 2.89. The molecule has 0 bridgehead atoms. The van der Waals surface area contributed by atoms with Crippen molar-refractivity contribution in [3.8, 4) is 0 Å². The summed E-state index contributed by atoms with van der Waals surface area (Å²) >= 11 is 3.03. The number of nitrogens with one attached hydrogen (secondary N) is 3. The lowest BCUT2D eigenvalue weighted by Gasteiger charge is -2.12. The third-order valence-corrected chi connectivity index (χ3v) is 6.79. The highest BCUT2D eigenvalue weighted by Gasteiger charge is 2.19. The van der Waals surface area contributed by atoms with E-state index in [9.17, 15) is 9.59 Å². The van der Waals surface area contributed by atoms with Crippen LogP contribution in [0.15, 0.2) is 33.4 Å². The van der Waals surface area contributed by atoms with Gasteiger partial charge in [0.1, 0.15) is 5.76 Å². The molecule has 3 rings (SSSR count). The summed E-state index contributed by atoms with van der Waals surface area (Å²) in [5.41, 5.74) is 0.611. The van der Waals surface area contributed by atoms with Crippen molar-refractivity contribution >= 4 is 45.7 Å². The number of thioether (sulfide) groups is 1. The van der Waals surface area contributed by atoms with E-state index < -0.39 is 0 Å². The Balaban J connectivity index is 1.27. The Morgan fingerprint density at radius 2 is 1.76 bits per heavy atom. The van der Waals surface area contributed by atoms with Gasteiger partial charge in [0.2, 0.25) is 17.7 Å². The Kier molecular flexibility index (Phi) is 9.07. The van der Waals surface area contributed by atoms with Gasteiger partial charge in [0.15, 0.2) is 5.13 Å². The monoisotopic (exact) mass is 490 g/mol. The fourth-order valence-corrected chi connectivity index (χ4v) is 4.63. The summed E-state index contributed by atoms with van der Waals surface area (Å²) in [4.78, 5) is 32.6. The molecule has 3 aromatic rings. The summed E-state index contributed by atoms with van der Waals surface area (Å²) in [5.74, 6) is 2.10. The number of hydrogen-bond donors (Lipinski definition) is 3. The molecular weight excluding hydrogens is 460 g/mol. The SMILES string of the molecule is CC(C)(C)c1cnc(CSc2cnc(NC(=O)CCCCCCC(=O)Nc3cn[nH]c3)s2)o1. The Morgan fingerprint density at radius 3 is 2.39 bits per heavy atom. The van der Waals surface area contributed by atoms with Crippen LogP contribution in [0.3, 0.4) is 0 Å². The second-order valence-corrected chi connectivity index (χ2v) is 10.9. The molecule has 33 heavy (non-hydrogen) atoms. The number of aromatic nitrogens is 4. The molecule has 0 unspecified atom stereocenters. The normalized spacial score (nSPS) is 11.5. The van der Waals surface area contributed by atoms with Gasteiger partial charge in [0.05, 0.1) is 34.2 Å². The van der Waals surface area contributed by atoms with E-state index in [0.717, 1.165) is 35.7 Å². The highest BCUT2D eigenvalue weighted by Crippen LogP contribution is 2.31. The number of nitrogens with zero attached hydrogens (tertiary/aromatic N) is 3. The molecule has 0 saturated carbocycles. The van der Waals surface area contributed by atoms with Gasteiger partial charge in [0.25, 0.3) is 0 Å². The number of rotatable bonds is 12. The Labute approximate surface area is 201 Å². The lowest BCUT2D eigenvalue weighted by molar-refractivity contribution is -0.117. The molecule has 0 aliphatic heterocycles. The van der Waals surface area contributed by atoms with Crippen molar-refractivity contribution in [2.24, 2.45) is 0 Å². The average molecular weight is 491 g/mol. The Hall–Kier alpha value is -2.66. The van der Waals surface area contributed by atoms with Crippen LogP contribution in [0.4, 0.5) is 10.8 Å². The van der Waals surface area contributed by atoms with Crippen LogP contribution in [0.5, 0.6) is 0 Å². The minimum absolute atomic E-state index is 0.0240. The molecule has 178 valence electrons. The van der Waals surface area contributed by atoms with E-state index in [1.54, 1.807) is 36.5 Å². The molecule has 0 saturated heterocycles. The maximum Gasteiger partial charge on any atom is 0.226 e. The topological polar surface area (TPSA) is 126 Å². The fraction of sp³-hybridized carbons (Fsp3) is 0.500. The smallest absolute Gasteiger partial charge is 0.226 e. The molecule has 3 N–H and O–H groups in total. The van der Waals surface area contributed by atoms with E-state index in [-0.39, 0.29) is 17.2 Å². The number of H-pyrrole nitrogens is 1. The zero-order valence-electron chi connectivity index (χ0n) is 19.1. The Bertz CT molecular complexity index is 1020. The van der Waals surface area contributed by atoms with Crippen molar-refractivity contribution in [1.82, 2.24) is 20.2 Å². The molecule has 0 aliphatic rings. The number of anilines is 2. The van der Waals surface area contributed by atoms with Crippen LogP contribution >= 0.6 is 23.1 Å². The molecule has 11 heteroatoms. The third kappa shape index (κ3) is 8.65. The molecule has 0 fully saturated rings. The molecule has 0 aliphatic carbocycles. The van der Waals surface area contributed by atoms with Gasteiger partial charge in [-0.1, -0.05) is 44.9 Å². The van der Waals surface area contributed by atoms with Crippen LogP contribution in [0.1, 0.15) is 70.9 Å². The van der Waals surface area contributed by atoms with E-state index >= 15 is 0 Å². The van der Waals surface area contributed by atoms with Gasteiger partial charge in [-0.05, 0) is 12.8 Å².